The molecule has 17 heavy (non-hydrogen) atoms. The van der Waals surface area contributed by atoms with Gasteiger partial charge in [-0.15, -0.1) is 0 Å². The fraction of sp³-hybridized carbons (Fsp3) is 0.846. The lowest BCUT2D eigenvalue weighted by Gasteiger charge is -2.27. The van der Waals surface area contributed by atoms with Crippen LogP contribution in [-0.2, 0) is 9.59 Å². The van der Waals surface area contributed by atoms with Crippen molar-refractivity contribution in [1.29, 1.82) is 0 Å². The topological polar surface area (TPSA) is 57.6 Å². The molecule has 1 aliphatic carbocycles. The minimum Gasteiger partial charge on any atom is -0.481 e. The number of carboxylic acid groups (broad SMARTS) is 1. The summed E-state index contributed by atoms with van der Waals surface area (Å²) in [5.74, 6) is -0.474. The molecule has 1 atom stereocenters. The Bertz CT molecular complexity index is 310. The third kappa shape index (κ3) is 3.72. The van der Waals surface area contributed by atoms with Crippen molar-refractivity contribution >= 4 is 11.9 Å². The molecule has 1 rings (SSSR count). The predicted molar refractivity (Wildman–Crippen MR) is 65.6 cm³/mol. The van der Waals surface area contributed by atoms with Crippen molar-refractivity contribution in [2.24, 2.45) is 11.3 Å². The standard InChI is InChI=1S/C13H23NO3/c1-9(2)14(7-5-6-11(15)16)12(17)10-8-13(10,3)4/h9-10H,5-8H2,1-4H3,(H,15,16). The van der Waals surface area contributed by atoms with Crippen molar-refractivity contribution < 1.29 is 14.7 Å². The molecular formula is C13H23NO3. The van der Waals surface area contributed by atoms with Gasteiger partial charge in [0, 0.05) is 24.9 Å². The second kappa shape index (κ2) is 5.07. The minimum absolute atomic E-state index is 0.130. The smallest absolute Gasteiger partial charge is 0.303 e. The maximum Gasteiger partial charge on any atom is 0.303 e. The molecule has 1 saturated carbocycles. The van der Waals surface area contributed by atoms with E-state index in [1.165, 1.54) is 0 Å². The molecule has 1 amide bonds. The minimum atomic E-state index is -0.798. The molecule has 0 saturated heterocycles. The SMILES string of the molecule is CC(C)N(CCCC(=O)O)C(=O)C1CC1(C)C. The summed E-state index contributed by atoms with van der Waals surface area (Å²) in [6, 6.07) is 0.146. The van der Waals surface area contributed by atoms with E-state index >= 15 is 0 Å². The number of carbonyl (C=O) groups excluding carboxylic acids is 1. The molecule has 0 aromatic heterocycles. The van der Waals surface area contributed by atoms with Crippen molar-refractivity contribution in [1.82, 2.24) is 4.90 Å². The number of carboxylic acids is 1. The largest absolute Gasteiger partial charge is 0.481 e. The van der Waals surface area contributed by atoms with Crippen molar-refractivity contribution in [2.75, 3.05) is 6.54 Å². The second-order valence-electron chi connectivity index (χ2n) is 5.87. The van der Waals surface area contributed by atoms with Gasteiger partial charge in [0.15, 0.2) is 0 Å². The number of aliphatic carboxylic acids is 1. The number of amides is 1. The summed E-state index contributed by atoms with van der Waals surface area (Å²) in [5.41, 5.74) is 0.136. The van der Waals surface area contributed by atoms with Crippen LogP contribution >= 0.6 is 0 Å². The number of nitrogens with zero attached hydrogens (tertiary/aromatic N) is 1. The fourth-order valence-electron chi connectivity index (χ4n) is 2.11. The number of hydrogen-bond donors (Lipinski definition) is 1. The van der Waals surface area contributed by atoms with Crippen LogP contribution < -0.4 is 0 Å². The van der Waals surface area contributed by atoms with Crippen LogP contribution in [0.3, 0.4) is 0 Å². The van der Waals surface area contributed by atoms with E-state index in [9.17, 15) is 9.59 Å². The summed E-state index contributed by atoms with van der Waals surface area (Å²) in [4.78, 5) is 24.5. The fourth-order valence-corrected chi connectivity index (χ4v) is 2.11. The number of hydrogen-bond acceptors (Lipinski definition) is 2. The van der Waals surface area contributed by atoms with E-state index in [1.54, 1.807) is 0 Å². The lowest BCUT2D eigenvalue weighted by molar-refractivity contribution is -0.139. The average molecular weight is 241 g/mol. The van der Waals surface area contributed by atoms with Crippen LogP contribution in [0, 0.1) is 11.3 Å². The molecule has 1 aliphatic rings. The molecule has 1 unspecified atom stereocenters. The third-order valence-corrected chi connectivity index (χ3v) is 3.51. The molecule has 0 aliphatic heterocycles. The molecule has 0 aromatic rings. The highest BCUT2D eigenvalue weighted by molar-refractivity contribution is 5.82. The van der Waals surface area contributed by atoms with Gasteiger partial charge in [-0.2, -0.15) is 0 Å². The van der Waals surface area contributed by atoms with Gasteiger partial charge in [0.2, 0.25) is 5.91 Å². The van der Waals surface area contributed by atoms with Crippen LogP contribution in [0.2, 0.25) is 0 Å². The summed E-state index contributed by atoms with van der Waals surface area (Å²) >= 11 is 0. The van der Waals surface area contributed by atoms with Crippen molar-refractivity contribution in [3.05, 3.63) is 0 Å². The van der Waals surface area contributed by atoms with Gasteiger partial charge in [-0.3, -0.25) is 9.59 Å². The van der Waals surface area contributed by atoms with Crippen molar-refractivity contribution in [3.63, 3.8) is 0 Å². The van der Waals surface area contributed by atoms with Gasteiger partial charge in [0.1, 0.15) is 0 Å². The summed E-state index contributed by atoms with van der Waals surface area (Å²) in [6.07, 6.45) is 1.62. The second-order valence-corrected chi connectivity index (χ2v) is 5.87. The van der Waals surface area contributed by atoms with Gasteiger partial charge >= 0.3 is 5.97 Å². The Hall–Kier alpha value is -1.06. The zero-order chi connectivity index (χ0) is 13.2. The predicted octanol–water partition coefficient (Wildman–Crippen LogP) is 2.13. The van der Waals surface area contributed by atoms with E-state index in [-0.39, 0.29) is 29.7 Å². The first-order valence-electron chi connectivity index (χ1n) is 6.28. The van der Waals surface area contributed by atoms with Crippen LogP contribution in [0.25, 0.3) is 0 Å². The summed E-state index contributed by atoms with van der Waals surface area (Å²) < 4.78 is 0. The molecule has 98 valence electrons. The Morgan fingerprint density at radius 2 is 1.94 bits per heavy atom. The van der Waals surface area contributed by atoms with Gasteiger partial charge in [-0.1, -0.05) is 13.8 Å². The van der Waals surface area contributed by atoms with Crippen LogP contribution in [0.4, 0.5) is 0 Å². The monoisotopic (exact) mass is 241 g/mol. The van der Waals surface area contributed by atoms with E-state index in [0.29, 0.717) is 13.0 Å². The molecule has 0 heterocycles. The quantitative estimate of drug-likeness (QED) is 0.775. The van der Waals surface area contributed by atoms with Crippen molar-refractivity contribution in [3.8, 4) is 0 Å². The van der Waals surface area contributed by atoms with Gasteiger partial charge in [0.05, 0.1) is 0 Å². The molecule has 0 aromatic carbocycles. The average Bonchev–Trinajstić information content (AvgIpc) is 2.80. The Kier molecular flexibility index (Phi) is 4.17. The van der Waals surface area contributed by atoms with E-state index in [0.717, 1.165) is 6.42 Å². The van der Waals surface area contributed by atoms with Gasteiger partial charge in [-0.25, -0.2) is 0 Å². The van der Waals surface area contributed by atoms with Crippen molar-refractivity contribution in [2.45, 2.75) is 53.0 Å². The maximum atomic E-state index is 12.2. The number of rotatable bonds is 6. The first-order chi connectivity index (χ1) is 7.75. The van der Waals surface area contributed by atoms with Gasteiger partial charge < -0.3 is 10.0 Å². The first-order valence-corrected chi connectivity index (χ1v) is 6.28. The first kappa shape index (κ1) is 14.0. The van der Waals surface area contributed by atoms with Crippen LogP contribution in [0.5, 0.6) is 0 Å². The highest BCUT2D eigenvalue weighted by Gasteiger charge is 2.52. The molecule has 1 N–H and O–H groups in total. The highest BCUT2D eigenvalue weighted by atomic mass is 16.4. The molecular weight excluding hydrogens is 218 g/mol. The Balaban J connectivity index is 2.49. The molecule has 4 heteroatoms. The molecule has 0 bridgehead atoms. The van der Waals surface area contributed by atoms with E-state index in [4.69, 9.17) is 5.11 Å². The zero-order valence-electron chi connectivity index (χ0n) is 11.2. The van der Waals surface area contributed by atoms with Crippen LogP contribution in [0.1, 0.15) is 47.0 Å². The van der Waals surface area contributed by atoms with Gasteiger partial charge in [0.25, 0.3) is 0 Å². The molecule has 0 radical (unpaired) electrons. The van der Waals surface area contributed by atoms with Crippen LogP contribution in [0.15, 0.2) is 0 Å². The number of carbonyl (C=O) groups is 2. The van der Waals surface area contributed by atoms with E-state index in [1.807, 2.05) is 18.7 Å². The lowest BCUT2D eigenvalue weighted by Crippen LogP contribution is -2.39. The highest BCUT2D eigenvalue weighted by Crippen LogP contribution is 2.52. The summed E-state index contributed by atoms with van der Waals surface area (Å²) in [5, 5.41) is 8.60. The lowest BCUT2D eigenvalue weighted by atomic mass is 10.1. The van der Waals surface area contributed by atoms with Crippen LogP contribution in [-0.4, -0.2) is 34.5 Å². The third-order valence-electron chi connectivity index (χ3n) is 3.51. The Labute approximate surface area is 103 Å². The van der Waals surface area contributed by atoms with E-state index < -0.39 is 5.97 Å². The zero-order valence-corrected chi connectivity index (χ0v) is 11.2. The van der Waals surface area contributed by atoms with E-state index in [2.05, 4.69) is 13.8 Å². The Morgan fingerprint density at radius 3 is 2.29 bits per heavy atom. The summed E-state index contributed by atoms with van der Waals surface area (Å²) in [7, 11) is 0. The molecule has 4 nitrogen and oxygen atoms in total. The van der Waals surface area contributed by atoms with Gasteiger partial charge in [-0.05, 0) is 32.1 Å². The molecule has 1 fully saturated rings. The normalized spacial score (nSPS) is 21.4. The summed E-state index contributed by atoms with van der Waals surface area (Å²) in [6.45, 7) is 8.72. The maximum absolute atomic E-state index is 12.2. The molecule has 0 spiro atoms. The Morgan fingerprint density at radius 1 is 1.41 bits per heavy atom.